The van der Waals surface area contributed by atoms with Gasteiger partial charge in [0.2, 0.25) is 0 Å². The molecule has 0 aliphatic rings. The summed E-state index contributed by atoms with van der Waals surface area (Å²) in [6.45, 7) is 6.41. The van der Waals surface area contributed by atoms with Gasteiger partial charge in [-0.25, -0.2) is 13.4 Å². The van der Waals surface area contributed by atoms with E-state index in [1.54, 1.807) is 24.3 Å². The third kappa shape index (κ3) is 4.85. The second kappa shape index (κ2) is 7.32. The number of aromatic nitrogens is 1. The van der Waals surface area contributed by atoms with E-state index in [1.807, 2.05) is 20.8 Å². The standard InChI is InChI=1S/C16H21N3O3S/c1-4-22-14-6-8-15(9-7-14)23(20,21)19-13-5-10-16(17-11-13)18-12(2)3/h5-12,19H,4H2,1-3H3,(H,17,18). The molecule has 1 aromatic heterocycles. The molecule has 7 heteroatoms. The van der Waals surface area contributed by atoms with Gasteiger partial charge in [-0.15, -0.1) is 0 Å². The molecule has 124 valence electrons. The number of hydrogen-bond donors (Lipinski definition) is 2. The van der Waals surface area contributed by atoms with Gasteiger partial charge in [-0.05, 0) is 57.2 Å². The molecule has 0 aliphatic carbocycles. The highest BCUT2D eigenvalue weighted by Crippen LogP contribution is 2.19. The fourth-order valence-electron chi connectivity index (χ4n) is 1.93. The van der Waals surface area contributed by atoms with E-state index in [1.165, 1.54) is 18.3 Å². The van der Waals surface area contributed by atoms with Gasteiger partial charge < -0.3 is 10.1 Å². The lowest BCUT2D eigenvalue weighted by Crippen LogP contribution is -2.14. The molecule has 1 heterocycles. The summed E-state index contributed by atoms with van der Waals surface area (Å²) in [5, 5.41) is 3.14. The molecule has 0 fully saturated rings. The predicted molar refractivity (Wildman–Crippen MR) is 91.4 cm³/mol. The van der Waals surface area contributed by atoms with Crippen molar-refractivity contribution in [1.82, 2.24) is 4.98 Å². The Morgan fingerprint density at radius 1 is 1.13 bits per heavy atom. The van der Waals surface area contributed by atoms with Crippen molar-refractivity contribution in [3.63, 3.8) is 0 Å². The molecule has 0 bridgehead atoms. The Morgan fingerprint density at radius 3 is 2.35 bits per heavy atom. The maximum absolute atomic E-state index is 12.3. The fourth-order valence-corrected chi connectivity index (χ4v) is 2.97. The molecule has 0 saturated carbocycles. The largest absolute Gasteiger partial charge is 0.494 e. The highest BCUT2D eigenvalue weighted by atomic mass is 32.2. The molecule has 0 aliphatic heterocycles. The smallest absolute Gasteiger partial charge is 0.261 e. The molecule has 23 heavy (non-hydrogen) atoms. The lowest BCUT2D eigenvalue weighted by molar-refractivity contribution is 0.340. The molecule has 2 rings (SSSR count). The van der Waals surface area contributed by atoms with E-state index in [0.29, 0.717) is 23.9 Å². The Kier molecular flexibility index (Phi) is 5.44. The third-order valence-corrected chi connectivity index (χ3v) is 4.29. The molecule has 6 nitrogen and oxygen atoms in total. The number of sulfonamides is 1. The normalized spacial score (nSPS) is 11.3. The van der Waals surface area contributed by atoms with Crippen molar-refractivity contribution in [3.8, 4) is 5.75 Å². The first kappa shape index (κ1) is 17.1. The summed E-state index contributed by atoms with van der Waals surface area (Å²) in [6.07, 6.45) is 1.48. The zero-order valence-corrected chi connectivity index (χ0v) is 14.2. The summed E-state index contributed by atoms with van der Waals surface area (Å²) in [6, 6.07) is 9.94. The van der Waals surface area contributed by atoms with Crippen molar-refractivity contribution >= 4 is 21.5 Å². The SMILES string of the molecule is CCOc1ccc(S(=O)(=O)Nc2ccc(NC(C)C)nc2)cc1. The van der Waals surface area contributed by atoms with Gasteiger partial charge in [-0.2, -0.15) is 0 Å². The van der Waals surface area contributed by atoms with Crippen LogP contribution in [0.2, 0.25) is 0 Å². The number of pyridine rings is 1. The van der Waals surface area contributed by atoms with Crippen LogP contribution < -0.4 is 14.8 Å². The molecule has 1 aromatic carbocycles. The quantitative estimate of drug-likeness (QED) is 0.813. The Labute approximate surface area is 137 Å². The van der Waals surface area contributed by atoms with Crippen LogP contribution in [0.3, 0.4) is 0 Å². The molecule has 0 saturated heterocycles. The highest BCUT2D eigenvalue weighted by molar-refractivity contribution is 7.92. The van der Waals surface area contributed by atoms with E-state index in [0.717, 1.165) is 0 Å². The van der Waals surface area contributed by atoms with E-state index in [-0.39, 0.29) is 10.9 Å². The average molecular weight is 335 g/mol. The van der Waals surface area contributed by atoms with Gasteiger partial charge in [-0.3, -0.25) is 4.72 Å². The number of ether oxygens (including phenoxy) is 1. The lowest BCUT2D eigenvalue weighted by Gasteiger charge is -2.11. The van der Waals surface area contributed by atoms with Crippen LogP contribution in [0.5, 0.6) is 5.75 Å². The number of anilines is 2. The van der Waals surface area contributed by atoms with Crippen molar-refractivity contribution in [2.45, 2.75) is 31.7 Å². The second-order valence-electron chi connectivity index (χ2n) is 5.24. The van der Waals surface area contributed by atoms with E-state index in [2.05, 4.69) is 15.0 Å². The molecule has 0 spiro atoms. The molecule has 0 amide bonds. The van der Waals surface area contributed by atoms with Gasteiger partial charge in [-0.1, -0.05) is 0 Å². The molecule has 2 aromatic rings. The summed E-state index contributed by atoms with van der Waals surface area (Å²) >= 11 is 0. The van der Waals surface area contributed by atoms with Gasteiger partial charge in [0.15, 0.2) is 0 Å². The topological polar surface area (TPSA) is 80.3 Å². The molecule has 0 radical (unpaired) electrons. The van der Waals surface area contributed by atoms with E-state index >= 15 is 0 Å². The van der Waals surface area contributed by atoms with Crippen LogP contribution in [0.15, 0.2) is 47.5 Å². The van der Waals surface area contributed by atoms with Crippen molar-refractivity contribution in [3.05, 3.63) is 42.6 Å². The van der Waals surface area contributed by atoms with Crippen molar-refractivity contribution < 1.29 is 13.2 Å². The summed E-state index contributed by atoms with van der Waals surface area (Å²) in [5.41, 5.74) is 0.410. The Morgan fingerprint density at radius 2 is 1.83 bits per heavy atom. The predicted octanol–water partition coefficient (Wildman–Crippen LogP) is 3.10. The zero-order valence-electron chi connectivity index (χ0n) is 13.4. The number of benzene rings is 1. The van der Waals surface area contributed by atoms with Crippen LogP contribution in [0, 0.1) is 0 Å². The van der Waals surface area contributed by atoms with Gasteiger partial charge in [0.05, 0.1) is 23.4 Å². The van der Waals surface area contributed by atoms with Gasteiger partial charge >= 0.3 is 0 Å². The first-order chi connectivity index (χ1) is 10.9. The first-order valence-electron chi connectivity index (χ1n) is 7.39. The summed E-state index contributed by atoms with van der Waals surface area (Å²) in [7, 11) is -3.65. The van der Waals surface area contributed by atoms with Gasteiger partial charge in [0, 0.05) is 6.04 Å². The van der Waals surface area contributed by atoms with Gasteiger partial charge in [0.25, 0.3) is 10.0 Å². The summed E-state index contributed by atoms with van der Waals surface area (Å²) in [5.74, 6) is 1.33. The Bertz CT molecular complexity index is 726. The summed E-state index contributed by atoms with van der Waals surface area (Å²) in [4.78, 5) is 4.35. The van der Waals surface area contributed by atoms with Gasteiger partial charge in [0.1, 0.15) is 11.6 Å². The molecular weight excluding hydrogens is 314 g/mol. The lowest BCUT2D eigenvalue weighted by atomic mass is 10.3. The number of nitrogens with zero attached hydrogens (tertiary/aromatic N) is 1. The van der Waals surface area contributed by atoms with Crippen LogP contribution in [0.4, 0.5) is 11.5 Å². The fraction of sp³-hybridized carbons (Fsp3) is 0.312. The summed E-state index contributed by atoms with van der Waals surface area (Å²) < 4.78 is 32.5. The highest BCUT2D eigenvalue weighted by Gasteiger charge is 2.14. The minimum absolute atomic E-state index is 0.172. The van der Waals surface area contributed by atoms with Crippen molar-refractivity contribution in [2.24, 2.45) is 0 Å². The molecule has 2 N–H and O–H groups in total. The maximum Gasteiger partial charge on any atom is 0.261 e. The van der Waals surface area contributed by atoms with Crippen molar-refractivity contribution in [2.75, 3.05) is 16.6 Å². The van der Waals surface area contributed by atoms with Crippen LogP contribution in [-0.4, -0.2) is 26.1 Å². The minimum atomic E-state index is -3.65. The van der Waals surface area contributed by atoms with Crippen LogP contribution in [0.25, 0.3) is 0 Å². The van der Waals surface area contributed by atoms with Crippen molar-refractivity contribution in [1.29, 1.82) is 0 Å². The monoisotopic (exact) mass is 335 g/mol. The maximum atomic E-state index is 12.3. The Balaban J connectivity index is 2.11. The molecule has 0 unspecified atom stereocenters. The van der Waals surface area contributed by atoms with E-state index in [4.69, 9.17) is 4.74 Å². The number of rotatable bonds is 7. The number of hydrogen-bond acceptors (Lipinski definition) is 5. The zero-order chi connectivity index (χ0) is 16.9. The average Bonchev–Trinajstić information content (AvgIpc) is 2.49. The second-order valence-corrected chi connectivity index (χ2v) is 6.92. The van der Waals surface area contributed by atoms with E-state index in [9.17, 15) is 8.42 Å². The van der Waals surface area contributed by atoms with Crippen LogP contribution >= 0.6 is 0 Å². The number of nitrogens with one attached hydrogen (secondary N) is 2. The molecule has 0 atom stereocenters. The van der Waals surface area contributed by atoms with E-state index < -0.39 is 10.0 Å². The Hall–Kier alpha value is -2.28. The van der Waals surface area contributed by atoms with Crippen LogP contribution in [0.1, 0.15) is 20.8 Å². The third-order valence-electron chi connectivity index (χ3n) is 2.90. The molecular formula is C16H21N3O3S. The minimum Gasteiger partial charge on any atom is -0.494 e. The first-order valence-corrected chi connectivity index (χ1v) is 8.87. The van der Waals surface area contributed by atoms with Crippen LogP contribution in [-0.2, 0) is 10.0 Å².